The highest BCUT2D eigenvalue weighted by atomic mass is 32.1. The van der Waals surface area contributed by atoms with E-state index in [1.54, 1.807) is 0 Å². The summed E-state index contributed by atoms with van der Waals surface area (Å²) in [4.78, 5) is 0. The van der Waals surface area contributed by atoms with Crippen molar-refractivity contribution in [2.24, 2.45) is 0 Å². The second-order valence-electron chi connectivity index (χ2n) is 8.67. The fourth-order valence-electron chi connectivity index (χ4n) is 4.05. The summed E-state index contributed by atoms with van der Waals surface area (Å²) in [6.45, 7) is 14.1. The van der Waals surface area contributed by atoms with Crippen LogP contribution in [0.4, 0.5) is 0 Å². The summed E-state index contributed by atoms with van der Waals surface area (Å²) in [5.41, 5.74) is 0.164. The molecule has 1 unspecified atom stereocenters. The molecule has 4 nitrogen and oxygen atoms in total. The number of ether oxygens (including phenoxy) is 1. The SMILES string of the molecule is CCCCCCCCCCCCCC(CC(=S)OC(C)C)[Si](OCC)(OCC)OCC. The summed E-state index contributed by atoms with van der Waals surface area (Å²) < 4.78 is 24.4. The molecule has 0 amide bonds. The molecule has 0 fully saturated rings. The molecule has 0 saturated carbocycles. The Morgan fingerprint density at radius 2 is 1.10 bits per heavy atom. The molecule has 0 saturated heterocycles. The van der Waals surface area contributed by atoms with E-state index >= 15 is 0 Å². The summed E-state index contributed by atoms with van der Waals surface area (Å²) in [6.07, 6.45) is 16.6. The molecule has 0 aromatic rings. The number of hydrogen-bond donors (Lipinski definition) is 0. The van der Waals surface area contributed by atoms with Crippen LogP contribution in [0.15, 0.2) is 0 Å². The Balaban J connectivity index is 4.62. The van der Waals surface area contributed by atoms with Crippen LogP contribution < -0.4 is 0 Å². The molecule has 0 aromatic carbocycles. The zero-order chi connectivity index (χ0) is 23.4. The minimum Gasteiger partial charge on any atom is -0.484 e. The van der Waals surface area contributed by atoms with Crippen molar-refractivity contribution in [3.8, 4) is 0 Å². The average Bonchev–Trinajstić information content (AvgIpc) is 2.71. The molecule has 0 bridgehead atoms. The molecule has 186 valence electrons. The third kappa shape index (κ3) is 15.5. The van der Waals surface area contributed by atoms with E-state index in [-0.39, 0.29) is 11.6 Å². The normalized spacial score (nSPS) is 13.0. The fourth-order valence-corrected chi connectivity index (χ4v) is 7.75. The van der Waals surface area contributed by atoms with E-state index < -0.39 is 8.80 Å². The maximum atomic E-state index is 6.21. The highest BCUT2D eigenvalue weighted by Crippen LogP contribution is 2.35. The summed E-state index contributed by atoms with van der Waals surface area (Å²) in [6, 6.07) is 0. The smallest absolute Gasteiger partial charge is 0.484 e. The van der Waals surface area contributed by atoms with Crippen LogP contribution in [0.2, 0.25) is 5.54 Å². The van der Waals surface area contributed by atoms with Crippen LogP contribution in [0.5, 0.6) is 0 Å². The molecule has 0 N–H and O–H groups in total. The van der Waals surface area contributed by atoms with Crippen LogP contribution in [-0.2, 0) is 18.0 Å². The summed E-state index contributed by atoms with van der Waals surface area (Å²) in [5, 5.41) is 0.652. The minimum absolute atomic E-state index is 0.0949. The maximum Gasteiger partial charge on any atom is 0.504 e. The first kappa shape index (κ1) is 31.0. The monoisotopic (exact) mass is 476 g/mol. The van der Waals surface area contributed by atoms with Crippen LogP contribution in [0, 0.1) is 0 Å². The Morgan fingerprint density at radius 1 is 0.677 bits per heavy atom. The van der Waals surface area contributed by atoms with Gasteiger partial charge in [0.1, 0.15) is 0 Å². The fraction of sp³-hybridized carbons (Fsp3) is 0.960. The Hall–Kier alpha value is -0.0131. The van der Waals surface area contributed by atoms with Crippen LogP contribution in [-0.4, -0.2) is 39.8 Å². The lowest BCUT2D eigenvalue weighted by atomic mass is 10.0. The molecule has 0 rings (SSSR count). The number of thiocarbonyl (C=S) groups is 1. The van der Waals surface area contributed by atoms with E-state index in [0.717, 1.165) is 12.8 Å². The van der Waals surface area contributed by atoms with Gasteiger partial charge in [-0.05, 0) is 53.3 Å². The van der Waals surface area contributed by atoms with Gasteiger partial charge in [0.25, 0.3) is 0 Å². The van der Waals surface area contributed by atoms with Crippen molar-refractivity contribution < 1.29 is 18.0 Å². The molecule has 0 radical (unpaired) electrons. The maximum absolute atomic E-state index is 6.21. The van der Waals surface area contributed by atoms with E-state index in [4.69, 9.17) is 30.2 Å². The molecule has 1 atom stereocenters. The van der Waals surface area contributed by atoms with Gasteiger partial charge < -0.3 is 18.0 Å². The molecule has 6 heteroatoms. The molecule has 0 aliphatic heterocycles. The van der Waals surface area contributed by atoms with Crippen molar-refractivity contribution in [1.82, 2.24) is 0 Å². The Morgan fingerprint density at radius 3 is 1.48 bits per heavy atom. The number of hydrogen-bond acceptors (Lipinski definition) is 5. The number of rotatable bonds is 22. The molecule has 31 heavy (non-hydrogen) atoms. The van der Waals surface area contributed by atoms with Gasteiger partial charge in [0.15, 0.2) is 5.05 Å². The van der Waals surface area contributed by atoms with E-state index in [9.17, 15) is 0 Å². The first-order valence-corrected chi connectivity index (χ1v) is 15.3. The topological polar surface area (TPSA) is 36.9 Å². The summed E-state index contributed by atoms with van der Waals surface area (Å²) in [7, 11) is -2.80. The van der Waals surface area contributed by atoms with Crippen molar-refractivity contribution in [3.05, 3.63) is 0 Å². The van der Waals surface area contributed by atoms with Gasteiger partial charge in [0.05, 0.1) is 6.10 Å². The summed E-state index contributed by atoms with van der Waals surface area (Å²) in [5.74, 6) is 0. The van der Waals surface area contributed by atoms with E-state index in [0.29, 0.717) is 31.3 Å². The lowest BCUT2D eigenvalue weighted by Gasteiger charge is -2.35. The van der Waals surface area contributed by atoms with Gasteiger partial charge in [-0.2, -0.15) is 0 Å². The van der Waals surface area contributed by atoms with E-state index in [1.165, 1.54) is 64.2 Å². The van der Waals surface area contributed by atoms with Gasteiger partial charge in [-0.15, -0.1) is 0 Å². The third-order valence-corrected chi connectivity index (χ3v) is 9.30. The second-order valence-corrected chi connectivity index (χ2v) is 12.0. The van der Waals surface area contributed by atoms with Crippen LogP contribution in [0.25, 0.3) is 0 Å². The highest BCUT2D eigenvalue weighted by molar-refractivity contribution is 7.80. The molecule has 0 aliphatic carbocycles. The summed E-state index contributed by atoms with van der Waals surface area (Å²) >= 11 is 5.55. The predicted molar refractivity (Wildman–Crippen MR) is 139 cm³/mol. The van der Waals surface area contributed by atoms with Gasteiger partial charge in [-0.25, -0.2) is 0 Å². The van der Waals surface area contributed by atoms with Crippen molar-refractivity contribution in [3.63, 3.8) is 0 Å². The zero-order valence-electron chi connectivity index (χ0n) is 21.5. The molecular weight excluding hydrogens is 424 g/mol. The van der Waals surface area contributed by atoms with Gasteiger partial charge >= 0.3 is 8.80 Å². The molecular formula is C25H52O4SSi. The first-order valence-electron chi connectivity index (χ1n) is 13.1. The Kier molecular flexibility index (Phi) is 20.6. The van der Waals surface area contributed by atoms with Crippen LogP contribution in [0.1, 0.15) is 125 Å². The van der Waals surface area contributed by atoms with E-state index in [2.05, 4.69) is 6.92 Å². The molecule has 0 aliphatic rings. The standard InChI is InChI=1S/C25H52O4SSi/c1-7-11-12-13-14-15-16-17-18-19-20-21-24(22-25(30)29-23(5)6)31(26-8-2,27-9-3)28-10-4/h23-24H,7-22H2,1-6H3. The van der Waals surface area contributed by atoms with Crippen molar-refractivity contribution in [2.45, 2.75) is 137 Å². The van der Waals surface area contributed by atoms with Crippen molar-refractivity contribution in [2.75, 3.05) is 19.8 Å². The van der Waals surface area contributed by atoms with E-state index in [1.807, 2.05) is 34.6 Å². The van der Waals surface area contributed by atoms with Crippen molar-refractivity contribution >= 4 is 26.1 Å². The third-order valence-electron chi connectivity index (χ3n) is 5.47. The zero-order valence-corrected chi connectivity index (χ0v) is 23.3. The van der Waals surface area contributed by atoms with Gasteiger partial charge in [-0.1, -0.05) is 77.6 Å². The lowest BCUT2D eigenvalue weighted by Crippen LogP contribution is -2.51. The largest absolute Gasteiger partial charge is 0.504 e. The molecule has 0 spiro atoms. The van der Waals surface area contributed by atoms with Crippen molar-refractivity contribution in [1.29, 1.82) is 0 Å². The Bertz CT molecular complexity index is 403. The molecule has 0 heterocycles. The van der Waals surface area contributed by atoms with Gasteiger partial charge in [0, 0.05) is 31.8 Å². The van der Waals surface area contributed by atoms with Gasteiger partial charge in [-0.3, -0.25) is 0 Å². The quantitative estimate of drug-likeness (QED) is 0.0893. The highest BCUT2D eigenvalue weighted by Gasteiger charge is 2.49. The Labute approximate surface area is 200 Å². The minimum atomic E-state index is -2.80. The molecule has 0 aromatic heterocycles. The van der Waals surface area contributed by atoms with Crippen LogP contribution in [0.3, 0.4) is 0 Å². The lowest BCUT2D eigenvalue weighted by molar-refractivity contribution is 0.0591. The average molecular weight is 477 g/mol. The van der Waals surface area contributed by atoms with Gasteiger partial charge in [0.2, 0.25) is 0 Å². The first-order chi connectivity index (χ1) is 15.0. The number of unbranched alkanes of at least 4 members (excludes halogenated alkanes) is 10. The predicted octanol–water partition coefficient (Wildman–Crippen LogP) is 8.25. The van der Waals surface area contributed by atoms with Crippen LogP contribution >= 0.6 is 12.2 Å². The second kappa shape index (κ2) is 20.6.